The van der Waals surface area contributed by atoms with E-state index < -0.39 is 30.4 Å². The average Bonchev–Trinajstić information content (AvgIpc) is 2.94. The monoisotopic (exact) mass is 218 g/mol. The second kappa shape index (κ2) is 3.71. The van der Waals surface area contributed by atoms with Crippen LogP contribution in [0.5, 0.6) is 0 Å². The zero-order valence-electron chi connectivity index (χ0n) is 8.24. The van der Waals surface area contributed by atoms with E-state index in [-0.39, 0.29) is 18.4 Å². The topological polar surface area (TPSA) is 96.2 Å². The molecule has 1 unspecified atom stereocenters. The van der Waals surface area contributed by atoms with E-state index in [9.17, 15) is 9.90 Å². The van der Waals surface area contributed by atoms with Crippen molar-refractivity contribution in [2.75, 3.05) is 13.7 Å². The zero-order chi connectivity index (χ0) is 11.2. The average molecular weight is 218 g/mol. The van der Waals surface area contributed by atoms with Gasteiger partial charge in [0.25, 0.3) is 0 Å². The van der Waals surface area contributed by atoms with Crippen molar-refractivity contribution in [3.63, 3.8) is 0 Å². The molecule has 0 aromatic carbocycles. The number of aliphatic hydroxyl groups excluding tert-OH is 2. The first kappa shape index (κ1) is 10.8. The summed E-state index contributed by atoms with van der Waals surface area (Å²) in [5, 5.41) is 27.5. The molecule has 1 heterocycles. The number of fused-ring (bicyclic) bond motifs is 1. The van der Waals surface area contributed by atoms with Gasteiger partial charge in [-0.25, -0.2) is 0 Å². The van der Waals surface area contributed by atoms with Crippen LogP contribution < -0.4 is 0 Å². The summed E-state index contributed by atoms with van der Waals surface area (Å²) in [5.41, 5.74) is 0. The van der Waals surface area contributed by atoms with Crippen LogP contribution in [0.4, 0.5) is 0 Å². The molecule has 6 heteroatoms. The molecule has 0 bridgehead atoms. The second-order valence-electron chi connectivity index (χ2n) is 3.97. The number of carboxylic acid groups (broad SMARTS) is 1. The SMILES string of the molecule is CO[C@H]1O[C@H](CO)[C@@H](O)C2[C@@H]1[C@@H]2C(=O)O. The molecule has 6 atom stereocenters. The van der Waals surface area contributed by atoms with Crippen LogP contribution in [0.25, 0.3) is 0 Å². The van der Waals surface area contributed by atoms with E-state index in [4.69, 9.17) is 19.7 Å². The maximum Gasteiger partial charge on any atom is 0.307 e. The summed E-state index contributed by atoms with van der Waals surface area (Å²) >= 11 is 0. The van der Waals surface area contributed by atoms with Gasteiger partial charge < -0.3 is 24.8 Å². The highest BCUT2D eigenvalue weighted by atomic mass is 16.7. The summed E-state index contributed by atoms with van der Waals surface area (Å²) in [5.74, 6) is -2.24. The standard InChI is InChI=1S/C9H14O6/c1-14-9-6-4(5(6)8(12)13)7(11)3(2-10)15-9/h3-7,9-11H,2H2,1H3,(H,12,13)/t3-,4?,5-,6-,7-,9+/m1/s1. The van der Waals surface area contributed by atoms with Crippen LogP contribution in [-0.2, 0) is 14.3 Å². The lowest BCUT2D eigenvalue weighted by Crippen LogP contribution is -2.43. The molecule has 0 amide bonds. The van der Waals surface area contributed by atoms with Crippen LogP contribution in [0.3, 0.4) is 0 Å². The van der Waals surface area contributed by atoms with Gasteiger partial charge >= 0.3 is 5.97 Å². The molecule has 1 saturated heterocycles. The normalized spacial score (nSPS) is 48.5. The zero-order valence-corrected chi connectivity index (χ0v) is 8.24. The molecule has 0 radical (unpaired) electrons. The van der Waals surface area contributed by atoms with Crippen LogP contribution in [0.15, 0.2) is 0 Å². The molecule has 1 aliphatic carbocycles. The molecule has 6 nitrogen and oxygen atoms in total. The Morgan fingerprint density at radius 2 is 2.13 bits per heavy atom. The number of carbonyl (C=O) groups is 1. The first-order valence-electron chi connectivity index (χ1n) is 4.81. The van der Waals surface area contributed by atoms with Crippen molar-refractivity contribution in [3.8, 4) is 0 Å². The summed E-state index contributed by atoms with van der Waals surface area (Å²) in [4.78, 5) is 10.8. The number of carboxylic acids is 1. The van der Waals surface area contributed by atoms with Gasteiger partial charge in [-0.05, 0) is 0 Å². The fourth-order valence-corrected chi connectivity index (χ4v) is 2.43. The van der Waals surface area contributed by atoms with Crippen molar-refractivity contribution in [2.24, 2.45) is 17.8 Å². The summed E-state index contributed by atoms with van der Waals surface area (Å²) in [6, 6.07) is 0. The van der Waals surface area contributed by atoms with E-state index in [0.29, 0.717) is 0 Å². The van der Waals surface area contributed by atoms with Gasteiger partial charge in [0, 0.05) is 18.9 Å². The molecule has 2 fully saturated rings. The Labute approximate surface area is 86.4 Å². The van der Waals surface area contributed by atoms with Crippen LogP contribution in [0.1, 0.15) is 0 Å². The lowest BCUT2D eigenvalue weighted by Gasteiger charge is -2.31. The highest BCUT2D eigenvalue weighted by Crippen LogP contribution is 2.55. The number of hydrogen-bond donors (Lipinski definition) is 3. The van der Waals surface area contributed by atoms with E-state index in [0.717, 1.165) is 0 Å². The van der Waals surface area contributed by atoms with Crippen molar-refractivity contribution in [1.29, 1.82) is 0 Å². The Morgan fingerprint density at radius 3 is 2.60 bits per heavy atom. The van der Waals surface area contributed by atoms with Crippen molar-refractivity contribution >= 4 is 5.97 Å². The summed E-state index contributed by atoms with van der Waals surface area (Å²) < 4.78 is 10.2. The third kappa shape index (κ3) is 1.53. The minimum absolute atomic E-state index is 0.301. The van der Waals surface area contributed by atoms with Gasteiger partial charge in [-0.1, -0.05) is 0 Å². The van der Waals surface area contributed by atoms with E-state index >= 15 is 0 Å². The van der Waals surface area contributed by atoms with Crippen LogP contribution in [0, 0.1) is 17.8 Å². The van der Waals surface area contributed by atoms with Gasteiger partial charge in [0.05, 0.1) is 18.6 Å². The fourth-order valence-electron chi connectivity index (χ4n) is 2.43. The van der Waals surface area contributed by atoms with Gasteiger partial charge in [0.2, 0.25) is 0 Å². The molecule has 1 aliphatic heterocycles. The lowest BCUT2D eigenvalue weighted by atomic mass is 10.0. The van der Waals surface area contributed by atoms with Crippen molar-refractivity contribution in [3.05, 3.63) is 0 Å². The molecule has 2 rings (SSSR count). The van der Waals surface area contributed by atoms with Gasteiger partial charge in [0.1, 0.15) is 6.10 Å². The number of ether oxygens (including phenoxy) is 2. The quantitative estimate of drug-likeness (QED) is 0.542. The highest BCUT2D eigenvalue weighted by molar-refractivity contribution is 5.74. The molecule has 2 aliphatic rings. The Bertz CT molecular complexity index is 267. The fraction of sp³-hybridized carbons (Fsp3) is 0.889. The Kier molecular flexibility index (Phi) is 2.68. The molecule has 3 N–H and O–H groups in total. The number of hydrogen-bond acceptors (Lipinski definition) is 5. The first-order chi connectivity index (χ1) is 7.11. The number of aliphatic carboxylic acids is 1. The number of rotatable bonds is 3. The molecule has 86 valence electrons. The smallest absolute Gasteiger partial charge is 0.307 e. The predicted octanol–water partition coefficient (Wildman–Crippen LogP) is -1.34. The van der Waals surface area contributed by atoms with E-state index in [2.05, 4.69) is 0 Å². The van der Waals surface area contributed by atoms with Gasteiger partial charge in [-0.3, -0.25) is 4.79 Å². The number of methoxy groups -OCH3 is 1. The molecule has 1 saturated carbocycles. The van der Waals surface area contributed by atoms with E-state index in [1.807, 2.05) is 0 Å². The Balaban J connectivity index is 2.13. The van der Waals surface area contributed by atoms with Crippen LogP contribution in [0.2, 0.25) is 0 Å². The lowest BCUT2D eigenvalue weighted by molar-refractivity contribution is -0.225. The predicted molar refractivity (Wildman–Crippen MR) is 46.9 cm³/mol. The minimum atomic E-state index is -0.951. The van der Waals surface area contributed by atoms with Crippen molar-refractivity contribution in [2.45, 2.75) is 18.5 Å². The molecular weight excluding hydrogens is 204 g/mol. The largest absolute Gasteiger partial charge is 0.481 e. The van der Waals surface area contributed by atoms with Crippen molar-refractivity contribution in [1.82, 2.24) is 0 Å². The van der Waals surface area contributed by atoms with Crippen molar-refractivity contribution < 1.29 is 29.6 Å². The van der Waals surface area contributed by atoms with Crippen LogP contribution in [-0.4, -0.2) is 53.5 Å². The summed E-state index contributed by atoms with van der Waals surface area (Å²) in [7, 11) is 1.42. The van der Waals surface area contributed by atoms with Crippen LogP contribution >= 0.6 is 0 Å². The Morgan fingerprint density at radius 1 is 1.47 bits per heavy atom. The maximum absolute atomic E-state index is 10.8. The molecule has 0 spiro atoms. The van der Waals surface area contributed by atoms with E-state index in [1.165, 1.54) is 7.11 Å². The first-order valence-corrected chi connectivity index (χ1v) is 4.81. The summed E-state index contributed by atoms with van der Waals surface area (Å²) in [6.07, 6.45) is -2.32. The van der Waals surface area contributed by atoms with E-state index in [1.54, 1.807) is 0 Å². The minimum Gasteiger partial charge on any atom is -0.481 e. The molecule has 0 aromatic heterocycles. The second-order valence-corrected chi connectivity index (χ2v) is 3.97. The van der Waals surface area contributed by atoms with Gasteiger partial charge in [-0.15, -0.1) is 0 Å². The van der Waals surface area contributed by atoms with Gasteiger partial charge in [-0.2, -0.15) is 0 Å². The van der Waals surface area contributed by atoms with Gasteiger partial charge in [0.15, 0.2) is 6.29 Å². The third-order valence-electron chi connectivity index (χ3n) is 3.23. The third-order valence-corrected chi connectivity index (χ3v) is 3.23. The molecular formula is C9H14O6. The summed E-state index contributed by atoms with van der Waals surface area (Å²) in [6.45, 7) is -0.337. The number of aliphatic hydroxyl groups is 2. The highest BCUT2D eigenvalue weighted by Gasteiger charge is 2.66. The molecule has 15 heavy (non-hydrogen) atoms. The molecule has 0 aromatic rings. The Hall–Kier alpha value is -0.690. The maximum atomic E-state index is 10.8.